The number of phenols is 3. The van der Waals surface area contributed by atoms with Crippen LogP contribution in [0, 0.1) is 0 Å². The molecule has 0 saturated carbocycles. The predicted octanol–water partition coefficient (Wildman–Crippen LogP) is 1.71. The van der Waals surface area contributed by atoms with Crippen molar-refractivity contribution in [2.45, 2.75) is 18.9 Å². The van der Waals surface area contributed by atoms with Crippen molar-refractivity contribution >= 4 is 22.8 Å². The number of nitrogens with zero attached hydrogens (tertiary/aromatic N) is 2. The van der Waals surface area contributed by atoms with Crippen LogP contribution in [0.5, 0.6) is 17.2 Å². The summed E-state index contributed by atoms with van der Waals surface area (Å²) in [6, 6.07) is 7.44. The van der Waals surface area contributed by atoms with Gasteiger partial charge in [0.2, 0.25) is 0 Å². The van der Waals surface area contributed by atoms with Crippen LogP contribution in [0.25, 0.3) is 11.0 Å². The number of hydrogen-bond acceptors (Lipinski definition) is 6. The third-order valence-electron chi connectivity index (χ3n) is 5.12. The monoisotopic (exact) mass is 396 g/mol. The highest BCUT2D eigenvalue weighted by atomic mass is 16.3. The van der Waals surface area contributed by atoms with Gasteiger partial charge >= 0.3 is 0 Å². The second kappa shape index (κ2) is 7.34. The number of benzene rings is 2. The molecule has 3 aromatic rings. The van der Waals surface area contributed by atoms with Crippen LogP contribution in [-0.4, -0.2) is 61.1 Å². The molecule has 0 aliphatic carbocycles. The molecule has 0 bridgehead atoms. The van der Waals surface area contributed by atoms with Crippen LogP contribution < -0.4 is 5.32 Å². The Morgan fingerprint density at radius 3 is 2.41 bits per heavy atom. The van der Waals surface area contributed by atoms with Gasteiger partial charge in [-0.2, -0.15) is 0 Å². The van der Waals surface area contributed by atoms with E-state index >= 15 is 0 Å². The maximum Gasteiger partial charge on any atom is 0.254 e. The first-order valence-electron chi connectivity index (χ1n) is 9.20. The molecule has 0 radical (unpaired) electrons. The fourth-order valence-electron chi connectivity index (χ4n) is 3.48. The highest BCUT2D eigenvalue weighted by Crippen LogP contribution is 2.35. The van der Waals surface area contributed by atoms with Crippen molar-refractivity contribution in [1.82, 2.24) is 20.2 Å². The lowest BCUT2D eigenvalue weighted by Crippen LogP contribution is -2.46. The number of hydrogen-bond donors (Lipinski definition) is 5. The molecular weight excluding hydrogens is 376 g/mol. The van der Waals surface area contributed by atoms with Crippen molar-refractivity contribution in [3.05, 3.63) is 47.8 Å². The molecular formula is C20H20N4O5. The summed E-state index contributed by atoms with van der Waals surface area (Å²) in [7, 11) is 0. The zero-order chi connectivity index (χ0) is 20.5. The van der Waals surface area contributed by atoms with Crippen LogP contribution in [0.3, 0.4) is 0 Å². The number of carbonyl (C=O) groups is 2. The molecule has 2 aromatic carbocycles. The molecule has 2 heterocycles. The molecule has 1 aliphatic rings. The Labute approximate surface area is 165 Å². The number of fused-ring (bicyclic) bond motifs is 1. The van der Waals surface area contributed by atoms with Crippen molar-refractivity contribution in [2.24, 2.45) is 0 Å². The van der Waals surface area contributed by atoms with Gasteiger partial charge in [-0.25, -0.2) is 4.98 Å². The lowest BCUT2D eigenvalue weighted by molar-refractivity contribution is 0.0697. The topological polar surface area (TPSA) is 139 Å². The zero-order valence-corrected chi connectivity index (χ0v) is 15.4. The third-order valence-corrected chi connectivity index (χ3v) is 5.12. The Kier molecular flexibility index (Phi) is 4.71. The summed E-state index contributed by atoms with van der Waals surface area (Å²) in [5.41, 5.74) is 2.21. The summed E-state index contributed by atoms with van der Waals surface area (Å²) < 4.78 is 0. The van der Waals surface area contributed by atoms with Crippen LogP contribution in [0.2, 0.25) is 0 Å². The van der Waals surface area contributed by atoms with E-state index in [2.05, 4.69) is 15.3 Å². The Morgan fingerprint density at radius 2 is 1.72 bits per heavy atom. The van der Waals surface area contributed by atoms with Crippen LogP contribution in [0.4, 0.5) is 0 Å². The van der Waals surface area contributed by atoms with Gasteiger partial charge in [0.1, 0.15) is 0 Å². The number of carbonyl (C=O) groups excluding carboxylic acids is 2. The number of rotatable bonds is 3. The van der Waals surface area contributed by atoms with Crippen molar-refractivity contribution in [3.8, 4) is 17.2 Å². The van der Waals surface area contributed by atoms with Gasteiger partial charge in [-0.3, -0.25) is 9.59 Å². The largest absolute Gasteiger partial charge is 0.504 e. The second-order valence-electron chi connectivity index (χ2n) is 7.04. The first-order valence-corrected chi connectivity index (χ1v) is 9.20. The molecule has 1 aliphatic heterocycles. The van der Waals surface area contributed by atoms with Gasteiger partial charge in [-0.15, -0.1) is 0 Å². The van der Waals surface area contributed by atoms with Gasteiger partial charge in [-0.1, -0.05) is 0 Å². The van der Waals surface area contributed by atoms with Crippen LogP contribution in [0.1, 0.15) is 33.6 Å². The van der Waals surface area contributed by atoms with Gasteiger partial charge in [0.25, 0.3) is 11.8 Å². The standard InChI is InChI=1S/C20H20N4O5/c25-16-8-12(9-17(26)18(16)27)20(29)24-5-3-13(4-6-24)23-19(28)11-1-2-14-15(7-11)22-10-21-14/h1-2,7-10,13,25-27H,3-6H2,(H,21,22)(H,23,28). The van der Waals surface area contributed by atoms with Crippen molar-refractivity contribution < 1.29 is 24.9 Å². The average Bonchev–Trinajstić information content (AvgIpc) is 3.19. The summed E-state index contributed by atoms with van der Waals surface area (Å²) in [4.78, 5) is 33.8. The molecule has 5 N–H and O–H groups in total. The molecule has 150 valence electrons. The molecule has 1 fully saturated rings. The van der Waals surface area contributed by atoms with E-state index in [1.807, 2.05) is 0 Å². The van der Waals surface area contributed by atoms with E-state index in [0.717, 1.165) is 23.2 Å². The van der Waals surface area contributed by atoms with Gasteiger partial charge in [0.05, 0.1) is 17.4 Å². The van der Waals surface area contributed by atoms with Crippen molar-refractivity contribution in [2.75, 3.05) is 13.1 Å². The van der Waals surface area contributed by atoms with E-state index in [4.69, 9.17) is 0 Å². The van der Waals surface area contributed by atoms with E-state index < -0.39 is 17.2 Å². The summed E-state index contributed by atoms with van der Waals surface area (Å²) in [5.74, 6) is -2.30. The number of H-pyrrole nitrogens is 1. The summed E-state index contributed by atoms with van der Waals surface area (Å²) in [6.45, 7) is 0.845. The molecule has 1 saturated heterocycles. The molecule has 0 unspecified atom stereocenters. The van der Waals surface area contributed by atoms with E-state index in [1.165, 1.54) is 0 Å². The van der Waals surface area contributed by atoms with Crippen LogP contribution >= 0.6 is 0 Å². The number of aromatic hydroxyl groups is 3. The minimum absolute atomic E-state index is 0.0642. The fourth-order valence-corrected chi connectivity index (χ4v) is 3.48. The van der Waals surface area contributed by atoms with E-state index in [0.29, 0.717) is 31.5 Å². The molecule has 0 atom stereocenters. The SMILES string of the molecule is O=C(NC1CCN(C(=O)c2cc(O)c(O)c(O)c2)CC1)c1ccc2nc[nH]c2c1. The molecule has 2 amide bonds. The first kappa shape index (κ1) is 18.6. The summed E-state index contributed by atoms with van der Waals surface area (Å²) in [5, 5.41) is 31.6. The lowest BCUT2D eigenvalue weighted by atomic mass is 10.0. The Balaban J connectivity index is 1.36. The Hall–Kier alpha value is -3.75. The number of aromatic nitrogens is 2. The molecule has 9 nitrogen and oxygen atoms in total. The smallest absolute Gasteiger partial charge is 0.254 e. The molecule has 1 aromatic heterocycles. The van der Waals surface area contributed by atoms with Crippen LogP contribution in [-0.2, 0) is 0 Å². The number of piperidine rings is 1. The predicted molar refractivity (Wildman–Crippen MR) is 104 cm³/mol. The molecule has 29 heavy (non-hydrogen) atoms. The maximum atomic E-state index is 12.6. The summed E-state index contributed by atoms with van der Waals surface area (Å²) in [6.07, 6.45) is 2.74. The molecule has 0 spiro atoms. The quantitative estimate of drug-likeness (QED) is 0.427. The van der Waals surface area contributed by atoms with E-state index in [-0.39, 0.29) is 23.4 Å². The minimum atomic E-state index is -0.656. The first-order chi connectivity index (χ1) is 13.9. The average molecular weight is 396 g/mol. The lowest BCUT2D eigenvalue weighted by Gasteiger charge is -2.32. The minimum Gasteiger partial charge on any atom is -0.504 e. The highest BCUT2D eigenvalue weighted by Gasteiger charge is 2.26. The van der Waals surface area contributed by atoms with Gasteiger partial charge in [0, 0.05) is 30.3 Å². The van der Waals surface area contributed by atoms with Gasteiger partial charge in [0.15, 0.2) is 17.2 Å². The van der Waals surface area contributed by atoms with Crippen LogP contribution in [0.15, 0.2) is 36.7 Å². The number of aromatic amines is 1. The number of amides is 2. The van der Waals surface area contributed by atoms with E-state index in [1.54, 1.807) is 29.4 Å². The Bertz CT molecular complexity index is 1060. The fraction of sp³-hybridized carbons (Fsp3) is 0.250. The number of likely N-dealkylation sites (tertiary alicyclic amines) is 1. The zero-order valence-electron chi connectivity index (χ0n) is 15.4. The van der Waals surface area contributed by atoms with Gasteiger partial charge < -0.3 is 30.5 Å². The number of phenolic OH excluding ortho intramolecular Hbond substituents is 3. The third kappa shape index (κ3) is 3.66. The summed E-state index contributed by atoms with van der Waals surface area (Å²) >= 11 is 0. The number of imidazole rings is 1. The second-order valence-corrected chi connectivity index (χ2v) is 7.04. The molecule has 4 rings (SSSR count). The van der Waals surface area contributed by atoms with E-state index in [9.17, 15) is 24.9 Å². The van der Waals surface area contributed by atoms with Gasteiger partial charge in [-0.05, 0) is 43.2 Å². The normalized spacial score (nSPS) is 14.8. The Morgan fingerprint density at radius 1 is 1.03 bits per heavy atom. The molecule has 9 heteroatoms. The maximum absolute atomic E-state index is 12.6. The van der Waals surface area contributed by atoms with Crippen molar-refractivity contribution in [1.29, 1.82) is 0 Å². The van der Waals surface area contributed by atoms with Crippen molar-refractivity contribution in [3.63, 3.8) is 0 Å². The highest BCUT2D eigenvalue weighted by molar-refractivity contribution is 5.97. The number of nitrogens with one attached hydrogen (secondary N) is 2.